The predicted molar refractivity (Wildman–Crippen MR) is 78.6 cm³/mol. The number of rotatable bonds is 5. The predicted octanol–water partition coefficient (Wildman–Crippen LogP) is 3.34. The van der Waals surface area contributed by atoms with Gasteiger partial charge in [-0.05, 0) is 31.8 Å². The van der Waals surface area contributed by atoms with Crippen LogP contribution in [0.2, 0.25) is 0 Å². The van der Waals surface area contributed by atoms with Crippen LogP contribution in [-0.4, -0.2) is 39.1 Å². The fourth-order valence-corrected chi connectivity index (χ4v) is 2.30. The summed E-state index contributed by atoms with van der Waals surface area (Å²) in [5, 5.41) is 0.891. The van der Waals surface area contributed by atoms with E-state index in [9.17, 15) is 0 Å². The average Bonchev–Trinajstić information content (AvgIpc) is 2.25. The van der Waals surface area contributed by atoms with E-state index in [0.29, 0.717) is 0 Å². The standard InChI is InChI=1S/C12H18Br2N2/c1-15(2)6-7-16(3)12-8-11(14)5-4-10(12)9-13/h4-5,8H,6-7,9H2,1-3H3. The van der Waals surface area contributed by atoms with E-state index >= 15 is 0 Å². The highest BCUT2D eigenvalue weighted by molar-refractivity contribution is 9.10. The summed E-state index contributed by atoms with van der Waals surface area (Å²) in [6, 6.07) is 6.41. The van der Waals surface area contributed by atoms with E-state index in [-0.39, 0.29) is 0 Å². The monoisotopic (exact) mass is 348 g/mol. The van der Waals surface area contributed by atoms with Crippen LogP contribution in [0.25, 0.3) is 0 Å². The summed E-state index contributed by atoms with van der Waals surface area (Å²) in [4.78, 5) is 4.49. The highest BCUT2D eigenvalue weighted by atomic mass is 79.9. The molecular weight excluding hydrogens is 332 g/mol. The number of hydrogen-bond donors (Lipinski definition) is 0. The second-order valence-corrected chi connectivity index (χ2v) is 5.61. The molecule has 0 aliphatic heterocycles. The quantitative estimate of drug-likeness (QED) is 0.752. The van der Waals surface area contributed by atoms with Crippen molar-refractivity contribution in [2.24, 2.45) is 0 Å². The Labute approximate surface area is 115 Å². The van der Waals surface area contributed by atoms with Crippen LogP contribution in [0.5, 0.6) is 0 Å². The van der Waals surface area contributed by atoms with Gasteiger partial charge in [-0.25, -0.2) is 0 Å². The third kappa shape index (κ3) is 4.07. The molecule has 0 spiro atoms. The van der Waals surface area contributed by atoms with E-state index in [4.69, 9.17) is 0 Å². The molecule has 90 valence electrons. The zero-order chi connectivity index (χ0) is 12.1. The summed E-state index contributed by atoms with van der Waals surface area (Å²) in [6.45, 7) is 2.09. The smallest absolute Gasteiger partial charge is 0.0416 e. The van der Waals surface area contributed by atoms with Crippen LogP contribution in [-0.2, 0) is 5.33 Å². The Balaban J connectivity index is 2.80. The Morgan fingerprint density at radius 2 is 1.81 bits per heavy atom. The highest BCUT2D eigenvalue weighted by Crippen LogP contribution is 2.26. The molecule has 0 fully saturated rings. The van der Waals surface area contributed by atoms with Gasteiger partial charge in [0, 0.05) is 35.6 Å². The number of likely N-dealkylation sites (N-methyl/N-ethyl adjacent to an activating group) is 2. The zero-order valence-corrected chi connectivity index (χ0v) is 13.2. The summed E-state index contributed by atoms with van der Waals surface area (Å²) < 4.78 is 1.13. The van der Waals surface area contributed by atoms with Crippen molar-refractivity contribution < 1.29 is 0 Å². The lowest BCUT2D eigenvalue weighted by molar-refractivity contribution is 0.416. The van der Waals surface area contributed by atoms with Crippen LogP contribution >= 0.6 is 31.9 Å². The van der Waals surface area contributed by atoms with E-state index in [1.54, 1.807) is 0 Å². The Morgan fingerprint density at radius 1 is 1.12 bits per heavy atom. The minimum absolute atomic E-state index is 0.891. The minimum atomic E-state index is 0.891. The van der Waals surface area contributed by atoms with E-state index in [1.807, 2.05) is 0 Å². The molecule has 0 radical (unpaired) electrons. The van der Waals surface area contributed by atoms with Gasteiger partial charge in [0.25, 0.3) is 0 Å². The molecule has 0 aromatic heterocycles. The summed E-state index contributed by atoms with van der Waals surface area (Å²) in [5.74, 6) is 0. The molecule has 1 rings (SSSR count). The zero-order valence-electron chi connectivity index (χ0n) is 10.0. The molecule has 0 atom stereocenters. The number of anilines is 1. The second-order valence-electron chi connectivity index (χ2n) is 4.13. The van der Waals surface area contributed by atoms with Gasteiger partial charge in [0.05, 0.1) is 0 Å². The molecule has 16 heavy (non-hydrogen) atoms. The topological polar surface area (TPSA) is 6.48 Å². The van der Waals surface area contributed by atoms with E-state index in [2.05, 4.69) is 81.0 Å². The van der Waals surface area contributed by atoms with Gasteiger partial charge in [-0.1, -0.05) is 37.9 Å². The van der Waals surface area contributed by atoms with Crippen molar-refractivity contribution in [3.8, 4) is 0 Å². The molecular formula is C12H18Br2N2. The normalized spacial score (nSPS) is 10.9. The van der Waals surface area contributed by atoms with Gasteiger partial charge >= 0.3 is 0 Å². The van der Waals surface area contributed by atoms with Crippen LogP contribution in [0.3, 0.4) is 0 Å². The Bertz CT molecular complexity index is 340. The molecule has 0 saturated heterocycles. The first kappa shape index (κ1) is 14.0. The summed E-state index contributed by atoms with van der Waals surface area (Å²) in [7, 11) is 6.33. The van der Waals surface area contributed by atoms with Gasteiger partial charge in [-0.3, -0.25) is 0 Å². The minimum Gasteiger partial charge on any atom is -0.373 e. The Morgan fingerprint density at radius 3 is 2.38 bits per heavy atom. The fraction of sp³-hybridized carbons (Fsp3) is 0.500. The molecule has 0 aliphatic rings. The first-order valence-corrected chi connectivity index (χ1v) is 7.16. The molecule has 0 amide bonds. The molecule has 0 bridgehead atoms. The lowest BCUT2D eigenvalue weighted by atomic mass is 10.2. The third-order valence-electron chi connectivity index (χ3n) is 2.49. The third-order valence-corrected chi connectivity index (χ3v) is 3.58. The molecule has 0 saturated carbocycles. The van der Waals surface area contributed by atoms with E-state index in [1.165, 1.54) is 11.3 Å². The first-order chi connectivity index (χ1) is 7.54. The molecule has 4 heteroatoms. The van der Waals surface area contributed by atoms with Crippen molar-refractivity contribution >= 4 is 37.5 Å². The molecule has 1 aromatic rings. The van der Waals surface area contributed by atoms with E-state index in [0.717, 1.165) is 22.9 Å². The fourth-order valence-electron chi connectivity index (χ4n) is 1.48. The molecule has 0 aliphatic carbocycles. The molecule has 0 unspecified atom stereocenters. The van der Waals surface area contributed by atoms with E-state index < -0.39 is 0 Å². The summed E-state index contributed by atoms with van der Waals surface area (Å²) >= 11 is 7.05. The van der Waals surface area contributed by atoms with Gasteiger partial charge in [0.2, 0.25) is 0 Å². The van der Waals surface area contributed by atoms with Gasteiger partial charge in [-0.15, -0.1) is 0 Å². The lowest BCUT2D eigenvalue weighted by Gasteiger charge is -2.24. The van der Waals surface area contributed by atoms with Gasteiger partial charge in [0.15, 0.2) is 0 Å². The molecule has 0 heterocycles. The van der Waals surface area contributed by atoms with Crippen molar-refractivity contribution in [2.45, 2.75) is 5.33 Å². The van der Waals surface area contributed by atoms with Crippen LogP contribution in [0.1, 0.15) is 5.56 Å². The van der Waals surface area contributed by atoms with Crippen molar-refractivity contribution in [2.75, 3.05) is 39.1 Å². The van der Waals surface area contributed by atoms with Gasteiger partial charge in [0.1, 0.15) is 0 Å². The summed E-state index contributed by atoms with van der Waals surface area (Å²) in [6.07, 6.45) is 0. The number of alkyl halides is 1. The number of hydrogen-bond acceptors (Lipinski definition) is 2. The SMILES string of the molecule is CN(C)CCN(C)c1cc(Br)ccc1CBr. The maximum atomic E-state index is 3.53. The lowest BCUT2D eigenvalue weighted by Crippen LogP contribution is -2.29. The molecule has 2 nitrogen and oxygen atoms in total. The number of nitrogens with zero attached hydrogens (tertiary/aromatic N) is 2. The van der Waals surface area contributed by atoms with Crippen molar-refractivity contribution in [3.05, 3.63) is 28.2 Å². The first-order valence-electron chi connectivity index (χ1n) is 5.25. The number of halogens is 2. The molecule has 1 aromatic carbocycles. The number of benzene rings is 1. The maximum absolute atomic E-state index is 3.53. The van der Waals surface area contributed by atoms with Crippen molar-refractivity contribution in [1.29, 1.82) is 0 Å². The Kier molecular flexibility index (Phi) is 5.79. The van der Waals surface area contributed by atoms with Gasteiger partial charge < -0.3 is 9.80 Å². The second kappa shape index (κ2) is 6.62. The van der Waals surface area contributed by atoms with Crippen LogP contribution in [0, 0.1) is 0 Å². The van der Waals surface area contributed by atoms with Crippen LogP contribution < -0.4 is 4.90 Å². The Hall–Kier alpha value is -0.0600. The van der Waals surface area contributed by atoms with Crippen LogP contribution in [0.4, 0.5) is 5.69 Å². The maximum Gasteiger partial charge on any atom is 0.0416 e. The largest absolute Gasteiger partial charge is 0.373 e. The molecule has 0 N–H and O–H groups in total. The van der Waals surface area contributed by atoms with Gasteiger partial charge in [-0.2, -0.15) is 0 Å². The highest BCUT2D eigenvalue weighted by Gasteiger charge is 2.07. The summed E-state index contributed by atoms with van der Waals surface area (Å²) in [5.41, 5.74) is 2.61. The average molecular weight is 350 g/mol. The van der Waals surface area contributed by atoms with Crippen molar-refractivity contribution in [3.63, 3.8) is 0 Å². The van der Waals surface area contributed by atoms with Crippen molar-refractivity contribution in [1.82, 2.24) is 4.90 Å². The van der Waals surface area contributed by atoms with Crippen LogP contribution in [0.15, 0.2) is 22.7 Å².